The molecule has 0 unspecified atom stereocenters. The Balaban J connectivity index is 2.98. The number of aliphatic imine (C=N–C) groups is 1. The summed E-state index contributed by atoms with van der Waals surface area (Å²) < 4.78 is 40.5. The van der Waals surface area contributed by atoms with Gasteiger partial charge in [-0.2, -0.15) is 0 Å². The van der Waals surface area contributed by atoms with E-state index in [1.807, 2.05) is 25.8 Å². The molecular formula is C23H35F3N4O2. The maximum atomic E-state index is 13.2. The van der Waals surface area contributed by atoms with E-state index in [1.165, 1.54) is 6.08 Å². The van der Waals surface area contributed by atoms with Crippen LogP contribution in [-0.2, 0) is 9.53 Å². The number of rotatable bonds is 12. The van der Waals surface area contributed by atoms with Gasteiger partial charge in [-0.25, -0.2) is 4.99 Å². The minimum atomic E-state index is -4.80. The number of carbonyl (C=O) groups is 1. The minimum Gasteiger partial charge on any atom is -0.406 e. The standard InChI is InChI=1S/C23H35F3N4O2/c1-7-14-30(15-8-2)22(31)21(29(6)16-19-11-12-19)28-18(5)27-20(9-3)13-10-17(4)32-23(24,25)26/h9-10,13,19,27H,4-5,7-8,11-12,14-16H2,1-3,6H3/b13-10-,20-9+,28-21-. The topological polar surface area (TPSA) is 57.2 Å². The average Bonchev–Trinajstić information content (AvgIpc) is 3.51. The van der Waals surface area contributed by atoms with E-state index in [1.54, 1.807) is 17.9 Å². The summed E-state index contributed by atoms with van der Waals surface area (Å²) in [5.41, 5.74) is 0.432. The van der Waals surface area contributed by atoms with Crippen LogP contribution in [0.5, 0.6) is 0 Å². The molecule has 1 aliphatic rings. The molecule has 6 nitrogen and oxygen atoms in total. The largest absolute Gasteiger partial charge is 0.573 e. The lowest BCUT2D eigenvalue weighted by Gasteiger charge is -2.27. The van der Waals surface area contributed by atoms with Gasteiger partial charge in [-0.3, -0.25) is 4.79 Å². The van der Waals surface area contributed by atoms with Crippen LogP contribution >= 0.6 is 0 Å². The van der Waals surface area contributed by atoms with Gasteiger partial charge in [0.1, 0.15) is 11.6 Å². The lowest BCUT2D eigenvalue weighted by Crippen LogP contribution is -2.45. The molecule has 0 bridgehead atoms. The van der Waals surface area contributed by atoms with Crippen molar-refractivity contribution in [1.29, 1.82) is 0 Å². The average molecular weight is 457 g/mol. The van der Waals surface area contributed by atoms with Crippen LogP contribution in [0.4, 0.5) is 13.2 Å². The minimum absolute atomic E-state index is 0.163. The van der Waals surface area contributed by atoms with Crippen LogP contribution in [0.25, 0.3) is 0 Å². The highest BCUT2D eigenvalue weighted by Gasteiger charge is 2.31. The molecule has 0 heterocycles. The number of nitrogens with zero attached hydrogens (tertiary/aromatic N) is 3. The van der Waals surface area contributed by atoms with Crippen molar-refractivity contribution in [2.75, 3.05) is 26.7 Å². The molecule has 0 spiro atoms. The molecular weight excluding hydrogens is 421 g/mol. The molecule has 32 heavy (non-hydrogen) atoms. The van der Waals surface area contributed by atoms with Crippen LogP contribution in [-0.4, -0.2) is 54.6 Å². The normalized spacial score (nSPS) is 15.0. The number of hydrogen-bond donors (Lipinski definition) is 1. The highest BCUT2D eigenvalue weighted by molar-refractivity contribution is 6.37. The quantitative estimate of drug-likeness (QED) is 0.195. The van der Waals surface area contributed by atoms with Gasteiger partial charge in [-0.15, -0.1) is 13.2 Å². The number of likely N-dealkylation sites (N-methyl/N-ethyl adjacent to an activating group) is 1. The second-order valence-corrected chi connectivity index (χ2v) is 7.71. The van der Waals surface area contributed by atoms with Crippen molar-refractivity contribution >= 4 is 11.7 Å². The zero-order chi connectivity index (χ0) is 24.3. The molecule has 0 atom stereocenters. The zero-order valence-electron chi connectivity index (χ0n) is 19.5. The van der Waals surface area contributed by atoms with Gasteiger partial charge in [-0.1, -0.05) is 33.1 Å². The van der Waals surface area contributed by atoms with Gasteiger partial charge in [0, 0.05) is 32.4 Å². The third-order valence-electron chi connectivity index (χ3n) is 4.59. The van der Waals surface area contributed by atoms with Gasteiger partial charge >= 0.3 is 6.36 Å². The van der Waals surface area contributed by atoms with Crippen molar-refractivity contribution in [2.24, 2.45) is 10.9 Å². The first kappa shape index (κ1) is 27.3. The van der Waals surface area contributed by atoms with E-state index in [9.17, 15) is 18.0 Å². The molecule has 1 N–H and O–H groups in total. The highest BCUT2D eigenvalue weighted by atomic mass is 19.4. The Morgan fingerprint density at radius 1 is 1.19 bits per heavy atom. The first-order valence-corrected chi connectivity index (χ1v) is 10.8. The number of hydrogen-bond acceptors (Lipinski definition) is 4. The van der Waals surface area contributed by atoms with Gasteiger partial charge in [0.25, 0.3) is 5.91 Å². The molecule has 1 rings (SSSR count). The Bertz CT molecular complexity index is 747. The third kappa shape index (κ3) is 10.5. The van der Waals surface area contributed by atoms with Crippen molar-refractivity contribution in [2.45, 2.75) is 52.8 Å². The van der Waals surface area contributed by atoms with E-state index in [0.29, 0.717) is 30.5 Å². The highest BCUT2D eigenvalue weighted by Crippen LogP contribution is 2.29. The van der Waals surface area contributed by atoms with Crippen LogP contribution in [0, 0.1) is 5.92 Å². The van der Waals surface area contributed by atoms with Gasteiger partial charge in [0.2, 0.25) is 0 Å². The second kappa shape index (κ2) is 13.0. The van der Waals surface area contributed by atoms with Gasteiger partial charge in [0.05, 0.1) is 0 Å². The molecule has 1 fully saturated rings. The summed E-state index contributed by atoms with van der Waals surface area (Å²) in [7, 11) is 1.84. The number of amides is 1. The van der Waals surface area contributed by atoms with Crippen LogP contribution in [0.2, 0.25) is 0 Å². The van der Waals surface area contributed by atoms with Gasteiger partial charge in [0.15, 0.2) is 5.84 Å². The molecule has 0 saturated heterocycles. The Morgan fingerprint density at radius 3 is 2.25 bits per heavy atom. The Hall–Kier alpha value is -2.71. The molecule has 1 amide bonds. The van der Waals surface area contributed by atoms with E-state index in [0.717, 1.165) is 38.3 Å². The lowest BCUT2D eigenvalue weighted by atomic mass is 10.3. The summed E-state index contributed by atoms with van der Waals surface area (Å²) in [6.45, 7) is 14.8. The molecule has 0 aromatic heterocycles. The molecule has 0 aliphatic heterocycles. The summed E-state index contributed by atoms with van der Waals surface area (Å²) >= 11 is 0. The number of carbonyl (C=O) groups excluding carboxylic acids is 1. The molecule has 0 aromatic rings. The van der Waals surface area contributed by atoms with Crippen molar-refractivity contribution < 1.29 is 22.7 Å². The van der Waals surface area contributed by atoms with E-state index in [2.05, 4.69) is 28.2 Å². The van der Waals surface area contributed by atoms with E-state index in [4.69, 9.17) is 0 Å². The van der Waals surface area contributed by atoms with Crippen molar-refractivity contribution in [3.63, 3.8) is 0 Å². The summed E-state index contributed by atoms with van der Waals surface area (Å²) in [5, 5.41) is 2.91. The van der Waals surface area contributed by atoms with E-state index in [-0.39, 0.29) is 11.7 Å². The number of alkyl halides is 3. The Kier molecular flexibility index (Phi) is 11.1. The van der Waals surface area contributed by atoms with Gasteiger partial charge < -0.3 is 19.9 Å². The molecule has 9 heteroatoms. The first-order chi connectivity index (χ1) is 15.0. The monoisotopic (exact) mass is 456 g/mol. The molecule has 1 saturated carbocycles. The lowest BCUT2D eigenvalue weighted by molar-refractivity contribution is -0.303. The number of nitrogens with one attached hydrogen (secondary N) is 1. The number of allylic oxidation sites excluding steroid dienone is 3. The predicted molar refractivity (Wildman–Crippen MR) is 121 cm³/mol. The molecule has 180 valence electrons. The SMILES string of the molecule is C=C(/N=C(/C(=O)N(CCC)CCC)N(C)CC1CC1)NC(/C=C\C(=C)OC(F)(F)F)=C/C. The summed E-state index contributed by atoms with van der Waals surface area (Å²) in [6.07, 6.45) is 3.22. The first-order valence-electron chi connectivity index (χ1n) is 10.8. The van der Waals surface area contributed by atoms with Crippen molar-refractivity contribution in [3.05, 3.63) is 48.7 Å². The van der Waals surface area contributed by atoms with E-state index >= 15 is 0 Å². The summed E-state index contributed by atoms with van der Waals surface area (Å²) in [5.74, 6) is 0.329. The zero-order valence-corrected chi connectivity index (χ0v) is 19.5. The molecule has 1 aliphatic carbocycles. The van der Waals surface area contributed by atoms with Crippen molar-refractivity contribution in [3.8, 4) is 0 Å². The predicted octanol–water partition coefficient (Wildman–Crippen LogP) is 4.95. The second-order valence-electron chi connectivity index (χ2n) is 7.71. The van der Waals surface area contributed by atoms with Gasteiger partial charge in [-0.05, 0) is 50.7 Å². The van der Waals surface area contributed by atoms with Crippen LogP contribution in [0.3, 0.4) is 0 Å². The third-order valence-corrected chi connectivity index (χ3v) is 4.59. The fourth-order valence-corrected chi connectivity index (χ4v) is 2.96. The molecule has 0 radical (unpaired) electrons. The van der Waals surface area contributed by atoms with Crippen LogP contribution in [0.15, 0.2) is 53.7 Å². The van der Waals surface area contributed by atoms with Crippen LogP contribution < -0.4 is 5.32 Å². The van der Waals surface area contributed by atoms with Crippen molar-refractivity contribution in [1.82, 2.24) is 15.1 Å². The van der Waals surface area contributed by atoms with Crippen LogP contribution in [0.1, 0.15) is 46.5 Å². The molecule has 0 aromatic carbocycles. The number of amidine groups is 1. The maximum absolute atomic E-state index is 13.2. The number of ether oxygens (including phenoxy) is 1. The Morgan fingerprint density at radius 2 is 1.78 bits per heavy atom. The fraction of sp³-hybridized carbons (Fsp3) is 0.565. The summed E-state index contributed by atoms with van der Waals surface area (Å²) in [4.78, 5) is 21.3. The van der Waals surface area contributed by atoms with E-state index < -0.39 is 12.1 Å². The maximum Gasteiger partial charge on any atom is 0.573 e. The number of halogens is 3. The summed E-state index contributed by atoms with van der Waals surface area (Å²) in [6, 6.07) is 0. The fourth-order valence-electron chi connectivity index (χ4n) is 2.96. The smallest absolute Gasteiger partial charge is 0.406 e. The Labute approximate surface area is 189 Å².